The molecule has 0 atom stereocenters. The van der Waals surface area contributed by atoms with Crippen LogP contribution >= 0.6 is 15.9 Å². The van der Waals surface area contributed by atoms with Gasteiger partial charge in [-0.05, 0) is 17.7 Å². The van der Waals surface area contributed by atoms with Crippen LogP contribution < -0.4 is 10.2 Å². The van der Waals surface area contributed by atoms with E-state index in [9.17, 15) is 0 Å². The summed E-state index contributed by atoms with van der Waals surface area (Å²) < 4.78 is 1.09. The molecule has 0 amide bonds. The van der Waals surface area contributed by atoms with Crippen molar-refractivity contribution in [3.63, 3.8) is 0 Å². The second-order valence-corrected chi connectivity index (χ2v) is 4.91. The van der Waals surface area contributed by atoms with Gasteiger partial charge in [-0.3, -0.25) is 4.98 Å². The molecule has 18 heavy (non-hydrogen) atoms. The molecule has 4 nitrogen and oxygen atoms in total. The highest BCUT2D eigenvalue weighted by Crippen LogP contribution is 2.16. The molecule has 1 N–H and O–H groups in total. The number of benzene rings is 1. The molecule has 0 aliphatic heterocycles. The molecular weight excluding hydrogens is 292 g/mol. The molecule has 1 heterocycles. The van der Waals surface area contributed by atoms with Crippen molar-refractivity contribution in [3.8, 4) is 0 Å². The van der Waals surface area contributed by atoms with Crippen LogP contribution in [0.3, 0.4) is 0 Å². The molecule has 0 saturated heterocycles. The van der Waals surface area contributed by atoms with E-state index in [2.05, 4.69) is 48.2 Å². The van der Waals surface area contributed by atoms with E-state index in [-0.39, 0.29) is 0 Å². The van der Waals surface area contributed by atoms with Crippen LogP contribution in [0.15, 0.2) is 41.1 Å². The maximum atomic E-state index is 4.45. The maximum absolute atomic E-state index is 4.45. The minimum Gasteiger partial charge on any atom is -0.372 e. The number of rotatable bonds is 4. The molecule has 94 valence electrons. The summed E-state index contributed by atoms with van der Waals surface area (Å²) in [6.07, 6.45) is 3.47. The van der Waals surface area contributed by atoms with Crippen LogP contribution in [0.4, 0.5) is 11.6 Å². The predicted octanol–water partition coefficient (Wildman–Crippen LogP) is 2.92. The largest absolute Gasteiger partial charge is 0.372 e. The maximum Gasteiger partial charge on any atom is 0.149 e. The molecule has 0 fully saturated rings. The van der Waals surface area contributed by atoms with Gasteiger partial charge < -0.3 is 10.2 Å². The highest BCUT2D eigenvalue weighted by atomic mass is 79.9. The zero-order chi connectivity index (χ0) is 13.0. The van der Waals surface area contributed by atoms with Gasteiger partial charge in [0.1, 0.15) is 11.6 Å². The van der Waals surface area contributed by atoms with Crippen LogP contribution in [-0.4, -0.2) is 24.1 Å². The van der Waals surface area contributed by atoms with Crippen LogP contribution in [0.25, 0.3) is 0 Å². The van der Waals surface area contributed by atoms with Gasteiger partial charge in [0.05, 0.1) is 12.4 Å². The van der Waals surface area contributed by atoms with Gasteiger partial charge in [-0.1, -0.05) is 28.1 Å². The minimum absolute atomic E-state index is 0.772. The van der Waals surface area contributed by atoms with Gasteiger partial charge >= 0.3 is 0 Å². The summed E-state index contributed by atoms with van der Waals surface area (Å²) in [7, 11) is 3.84. The van der Waals surface area contributed by atoms with E-state index in [0.717, 1.165) is 22.7 Å². The number of nitrogens with one attached hydrogen (secondary N) is 1. The van der Waals surface area contributed by atoms with E-state index in [1.165, 1.54) is 5.56 Å². The van der Waals surface area contributed by atoms with Crippen molar-refractivity contribution in [3.05, 3.63) is 46.7 Å². The molecule has 1 aromatic carbocycles. The fourth-order valence-corrected chi connectivity index (χ4v) is 2.10. The first-order chi connectivity index (χ1) is 8.69. The average molecular weight is 307 g/mol. The Morgan fingerprint density at radius 1 is 1.33 bits per heavy atom. The molecule has 0 bridgehead atoms. The molecule has 5 heteroatoms. The van der Waals surface area contributed by atoms with Crippen LogP contribution in [0.1, 0.15) is 5.56 Å². The van der Waals surface area contributed by atoms with E-state index in [0.29, 0.717) is 0 Å². The molecule has 0 unspecified atom stereocenters. The third-order valence-corrected chi connectivity index (χ3v) is 3.07. The van der Waals surface area contributed by atoms with E-state index >= 15 is 0 Å². The lowest BCUT2D eigenvalue weighted by Crippen LogP contribution is -2.18. The van der Waals surface area contributed by atoms with Crippen LogP contribution in [0.5, 0.6) is 0 Å². The Morgan fingerprint density at radius 2 is 2.17 bits per heavy atom. The van der Waals surface area contributed by atoms with Crippen LogP contribution in [0.2, 0.25) is 0 Å². The lowest BCUT2D eigenvalue weighted by atomic mass is 10.2. The van der Waals surface area contributed by atoms with E-state index in [4.69, 9.17) is 0 Å². The Labute approximate surface area is 115 Å². The van der Waals surface area contributed by atoms with Gasteiger partial charge in [-0.25, -0.2) is 4.98 Å². The first-order valence-electron chi connectivity index (χ1n) is 5.64. The SMILES string of the molecule is CNc1cncc(N(C)Cc2cccc(Br)c2)n1. The van der Waals surface area contributed by atoms with Crippen molar-refractivity contribution in [2.45, 2.75) is 6.54 Å². The smallest absolute Gasteiger partial charge is 0.149 e. The Kier molecular flexibility index (Phi) is 4.15. The standard InChI is InChI=1S/C13H15BrN4/c1-15-12-7-16-8-13(17-12)18(2)9-10-4-3-5-11(14)6-10/h3-8H,9H2,1-2H3,(H,15,17). The summed E-state index contributed by atoms with van der Waals surface area (Å²) in [5.41, 5.74) is 1.23. The number of anilines is 2. The number of halogens is 1. The monoisotopic (exact) mass is 306 g/mol. The van der Waals surface area contributed by atoms with Crippen molar-refractivity contribution >= 4 is 27.6 Å². The molecule has 0 aliphatic rings. The number of nitrogens with zero attached hydrogens (tertiary/aromatic N) is 3. The van der Waals surface area contributed by atoms with Crippen molar-refractivity contribution in [2.24, 2.45) is 0 Å². The first kappa shape index (κ1) is 12.8. The summed E-state index contributed by atoms with van der Waals surface area (Å²) in [4.78, 5) is 10.7. The zero-order valence-electron chi connectivity index (χ0n) is 10.4. The zero-order valence-corrected chi connectivity index (χ0v) is 12.0. The van der Waals surface area contributed by atoms with E-state index in [1.54, 1.807) is 12.4 Å². The highest BCUT2D eigenvalue weighted by Gasteiger charge is 2.05. The van der Waals surface area contributed by atoms with Gasteiger partial charge in [0, 0.05) is 25.1 Å². The van der Waals surface area contributed by atoms with Gasteiger partial charge in [0.15, 0.2) is 0 Å². The van der Waals surface area contributed by atoms with Crippen molar-refractivity contribution in [1.29, 1.82) is 0 Å². The van der Waals surface area contributed by atoms with Crippen molar-refractivity contribution < 1.29 is 0 Å². The van der Waals surface area contributed by atoms with E-state index in [1.807, 2.05) is 26.2 Å². The summed E-state index contributed by atoms with van der Waals surface area (Å²) in [6, 6.07) is 8.25. The lowest BCUT2D eigenvalue weighted by Gasteiger charge is -2.18. The molecule has 0 radical (unpaired) electrons. The third-order valence-electron chi connectivity index (χ3n) is 2.58. The molecule has 0 spiro atoms. The van der Waals surface area contributed by atoms with Gasteiger partial charge in [0.25, 0.3) is 0 Å². The minimum atomic E-state index is 0.772. The molecule has 2 aromatic rings. The average Bonchev–Trinajstić information content (AvgIpc) is 2.39. The summed E-state index contributed by atoms with van der Waals surface area (Å²) >= 11 is 3.47. The molecular formula is C13H15BrN4. The Bertz CT molecular complexity index is 530. The first-order valence-corrected chi connectivity index (χ1v) is 6.43. The number of hydrogen-bond acceptors (Lipinski definition) is 4. The predicted molar refractivity (Wildman–Crippen MR) is 77.8 cm³/mol. The Hall–Kier alpha value is -1.62. The molecule has 0 saturated carbocycles. The van der Waals surface area contributed by atoms with Crippen molar-refractivity contribution in [2.75, 3.05) is 24.3 Å². The topological polar surface area (TPSA) is 41.1 Å². The fraction of sp³-hybridized carbons (Fsp3) is 0.231. The third kappa shape index (κ3) is 3.20. The Morgan fingerprint density at radius 3 is 2.89 bits per heavy atom. The second-order valence-electron chi connectivity index (χ2n) is 4.00. The van der Waals surface area contributed by atoms with Gasteiger partial charge in [0.2, 0.25) is 0 Å². The lowest BCUT2D eigenvalue weighted by molar-refractivity contribution is 0.890. The summed E-state index contributed by atoms with van der Waals surface area (Å²) in [5.74, 6) is 1.62. The summed E-state index contributed by atoms with van der Waals surface area (Å²) in [5, 5.41) is 2.99. The van der Waals surface area contributed by atoms with Crippen LogP contribution in [-0.2, 0) is 6.54 Å². The molecule has 2 rings (SSSR count). The fourth-order valence-electron chi connectivity index (χ4n) is 1.65. The number of aromatic nitrogens is 2. The normalized spacial score (nSPS) is 10.2. The van der Waals surface area contributed by atoms with Gasteiger partial charge in [-0.2, -0.15) is 0 Å². The highest BCUT2D eigenvalue weighted by molar-refractivity contribution is 9.10. The van der Waals surface area contributed by atoms with E-state index < -0.39 is 0 Å². The second kappa shape index (κ2) is 5.82. The van der Waals surface area contributed by atoms with Crippen molar-refractivity contribution in [1.82, 2.24) is 9.97 Å². The quantitative estimate of drug-likeness (QED) is 0.943. The Balaban J connectivity index is 2.13. The van der Waals surface area contributed by atoms with Gasteiger partial charge in [-0.15, -0.1) is 0 Å². The number of hydrogen-bond donors (Lipinski definition) is 1. The molecule has 0 aliphatic carbocycles. The van der Waals surface area contributed by atoms with Crippen LogP contribution in [0, 0.1) is 0 Å². The molecule has 1 aromatic heterocycles. The summed E-state index contributed by atoms with van der Waals surface area (Å²) in [6.45, 7) is 0.793.